The Morgan fingerprint density at radius 3 is 2.32 bits per heavy atom. The summed E-state index contributed by atoms with van der Waals surface area (Å²) < 4.78 is 63.3. The fraction of sp³-hybridized carbons (Fsp3) is 0.231. The minimum absolute atomic E-state index is 0.104. The van der Waals surface area contributed by atoms with E-state index in [-0.39, 0.29) is 16.3 Å². The Morgan fingerprint density at radius 2 is 1.82 bits per heavy atom. The molecule has 9 heteroatoms. The molecule has 1 unspecified atom stereocenters. The second-order valence-corrected chi connectivity index (χ2v) is 7.36. The van der Waals surface area contributed by atoms with Gasteiger partial charge in [-0.1, -0.05) is 18.2 Å². The van der Waals surface area contributed by atoms with Crippen LogP contribution in [0.5, 0.6) is 0 Å². The molecule has 1 atom stereocenters. The third kappa shape index (κ3) is 4.07. The standard InChI is InChI=1S/C13H12F3NO3S2/c14-13(15,16)10-5-3-9(4-6-10)11(18)8-17-22(19,20)12-2-1-7-21-12/h1-7,11,17-18H,8H2. The largest absolute Gasteiger partial charge is 0.416 e. The quantitative estimate of drug-likeness (QED) is 0.871. The summed E-state index contributed by atoms with van der Waals surface area (Å²) in [5.74, 6) is 0. The first kappa shape index (κ1) is 16.9. The molecule has 4 nitrogen and oxygen atoms in total. The van der Waals surface area contributed by atoms with E-state index in [9.17, 15) is 26.7 Å². The Labute approximate surface area is 129 Å². The summed E-state index contributed by atoms with van der Waals surface area (Å²) in [7, 11) is -3.72. The zero-order valence-electron chi connectivity index (χ0n) is 11.0. The lowest BCUT2D eigenvalue weighted by atomic mass is 10.1. The highest BCUT2D eigenvalue weighted by molar-refractivity contribution is 7.91. The summed E-state index contributed by atoms with van der Waals surface area (Å²) in [6, 6.07) is 6.90. The minimum Gasteiger partial charge on any atom is -0.387 e. The molecule has 2 N–H and O–H groups in total. The summed E-state index contributed by atoms with van der Waals surface area (Å²) in [5.41, 5.74) is -0.635. The average Bonchev–Trinajstić information content (AvgIpc) is 2.99. The van der Waals surface area contributed by atoms with Gasteiger partial charge in [0, 0.05) is 6.54 Å². The van der Waals surface area contributed by atoms with Crippen LogP contribution in [0.15, 0.2) is 46.0 Å². The lowest BCUT2D eigenvalue weighted by Crippen LogP contribution is -2.28. The van der Waals surface area contributed by atoms with E-state index in [0.717, 1.165) is 35.6 Å². The number of benzene rings is 1. The zero-order chi connectivity index (χ0) is 16.4. The molecular formula is C13H12F3NO3S2. The monoisotopic (exact) mass is 351 g/mol. The molecule has 0 amide bonds. The Morgan fingerprint density at radius 1 is 1.18 bits per heavy atom. The Kier molecular flexibility index (Phi) is 4.90. The number of aliphatic hydroxyl groups excluding tert-OH is 1. The van der Waals surface area contributed by atoms with Gasteiger partial charge < -0.3 is 5.11 Å². The predicted molar refractivity (Wildman–Crippen MR) is 75.9 cm³/mol. The van der Waals surface area contributed by atoms with Gasteiger partial charge in [0.2, 0.25) is 10.0 Å². The van der Waals surface area contributed by atoms with Crippen LogP contribution in [0.3, 0.4) is 0 Å². The molecule has 0 aliphatic rings. The second-order valence-electron chi connectivity index (χ2n) is 4.42. The van der Waals surface area contributed by atoms with Crippen molar-refractivity contribution in [2.75, 3.05) is 6.54 Å². The van der Waals surface area contributed by atoms with Crippen molar-refractivity contribution in [1.29, 1.82) is 0 Å². The molecule has 0 fully saturated rings. The number of aliphatic hydroxyl groups is 1. The number of thiophene rings is 1. The molecule has 0 spiro atoms. The molecule has 1 aromatic heterocycles. The van der Waals surface area contributed by atoms with E-state index in [1.54, 1.807) is 11.4 Å². The number of rotatable bonds is 5. The molecule has 1 aromatic carbocycles. The second kappa shape index (κ2) is 6.37. The van der Waals surface area contributed by atoms with Crippen molar-refractivity contribution < 1.29 is 26.7 Å². The smallest absolute Gasteiger partial charge is 0.387 e. The van der Waals surface area contributed by atoms with E-state index in [0.29, 0.717) is 0 Å². The van der Waals surface area contributed by atoms with Crippen molar-refractivity contribution in [3.05, 3.63) is 52.9 Å². The van der Waals surface area contributed by atoms with Gasteiger partial charge in [-0.2, -0.15) is 13.2 Å². The van der Waals surface area contributed by atoms with Crippen LogP contribution in [-0.2, 0) is 16.2 Å². The molecule has 2 aromatic rings. The number of nitrogens with one attached hydrogen (secondary N) is 1. The van der Waals surface area contributed by atoms with Gasteiger partial charge in [0.25, 0.3) is 0 Å². The van der Waals surface area contributed by atoms with Crippen molar-refractivity contribution in [1.82, 2.24) is 4.72 Å². The van der Waals surface area contributed by atoms with Crippen molar-refractivity contribution >= 4 is 21.4 Å². The molecule has 0 saturated carbocycles. The van der Waals surface area contributed by atoms with Crippen LogP contribution in [0.2, 0.25) is 0 Å². The van der Waals surface area contributed by atoms with Crippen LogP contribution in [-0.4, -0.2) is 20.1 Å². The minimum atomic E-state index is -4.45. The van der Waals surface area contributed by atoms with Crippen LogP contribution in [0.1, 0.15) is 17.2 Å². The number of hydrogen-bond donors (Lipinski definition) is 2. The molecule has 1 heterocycles. The summed E-state index contributed by atoms with van der Waals surface area (Å²) >= 11 is 1.02. The van der Waals surface area contributed by atoms with E-state index in [1.807, 2.05) is 0 Å². The SMILES string of the molecule is O=S(=O)(NCC(O)c1ccc(C(F)(F)F)cc1)c1cccs1. The first-order valence-corrected chi connectivity index (χ1v) is 8.45. The van der Waals surface area contributed by atoms with E-state index in [1.165, 1.54) is 6.07 Å². The molecule has 0 bridgehead atoms. The molecule has 22 heavy (non-hydrogen) atoms. The van der Waals surface area contributed by atoms with E-state index in [4.69, 9.17) is 0 Å². The zero-order valence-corrected chi connectivity index (χ0v) is 12.7. The van der Waals surface area contributed by atoms with Gasteiger partial charge in [0.1, 0.15) is 4.21 Å². The normalized spacial score (nSPS) is 14.0. The lowest BCUT2D eigenvalue weighted by Gasteiger charge is -2.13. The fourth-order valence-corrected chi connectivity index (χ4v) is 3.76. The van der Waals surface area contributed by atoms with Gasteiger partial charge in [-0.3, -0.25) is 0 Å². The Hall–Kier alpha value is -1.42. The third-order valence-electron chi connectivity index (χ3n) is 2.85. The molecule has 0 saturated heterocycles. The highest BCUT2D eigenvalue weighted by Gasteiger charge is 2.30. The number of alkyl halides is 3. The molecule has 2 rings (SSSR count). The maximum Gasteiger partial charge on any atom is 0.416 e. The molecule has 120 valence electrons. The van der Waals surface area contributed by atoms with Gasteiger partial charge in [-0.15, -0.1) is 11.3 Å². The first-order chi connectivity index (χ1) is 10.2. The van der Waals surface area contributed by atoms with Crippen molar-refractivity contribution in [2.24, 2.45) is 0 Å². The van der Waals surface area contributed by atoms with Crippen LogP contribution in [0.4, 0.5) is 13.2 Å². The molecular weight excluding hydrogens is 339 g/mol. The highest BCUT2D eigenvalue weighted by Crippen LogP contribution is 2.29. The summed E-state index contributed by atoms with van der Waals surface area (Å²) in [4.78, 5) is 0. The van der Waals surface area contributed by atoms with Crippen molar-refractivity contribution in [3.63, 3.8) is 0 Å². The predicted octanol–water partition coefficient (Wildman–Crippen LogP) is 2.78. The number of hydrogen-bond acceptors (Lipinski definition) is 4. The van der Waals surface area contributed by atoms with Crippen LogP contribution < -0.4 is 4.72 Å². The van der Waals surface area contributed by atoms with Crippen LogP contribution in [0.25, 0.3) is 0 Å². The number of sulfonamides is 1. The van der Waals surface area contributed by atoms with Crippen LogP contribution in [0, 0.1) is 0 Å². The maximum atomic E-state index is 12.4. The van der Waals surface area contributed by atoms with Gasteiger partial charge in [-0.05, 0) is 29.1 Å². The summed E-state index contributed by atoms with van der Waals surface area (Å²) in [5, 5.41) is 11.5. The topological polar surface area (TPSA) is 66.4 Å². The van der Waals surface area contributed by atoms with Gasteiger partial charge in [0.15, 0.2) is 0 Å². The first-order valence-electron chi connectivity index (χ1n) is 6.08. The number of halogens is 3. The van der Waals surface area contributed by atoms with E-state index >= 15 is 0 Å². The lowest BCUT2D eigenvalue weighted by molar-refractivity contribution is -0.137. The average molecular weight is 351 g/mol. The Bertz CT molecular complexity index is 710. The van der Waals surface area contributed by atoms with E-state index < -0.39 is 27.9 Å². The summed E-state index contributed by atoms with van der Waals surface area (Å²) in [6.07, 6.45) is -5.69. The van der Waals surface area contributed by atoms with E-state index in [2.05, 4.69) is 4.72 Å². The molecule has 0 aliphatic heterocycles. The van der Waals surface area contributed by atoms with Gasteiger partial charge in [0.05, 0.1) is 11.7 Å². The maximum absolute atomic E-state index is 12.4. The van der Waals surface area contributed by atoms with Crippen molar-refractivity contribution in [2.45, 2.75) is 16.5 Å². The Balaban J connectivity index is 2.02. The highest BCUT2D eigenvalue weighted by atomic mass is 32.2. The van der Waals surface area contributed by atoms with Crippen molar-refractivity contribution in [3.8, 4) is 0 Å². The van der Waals surface area contributed by atoms with Gasteiger partial charge in [-0.25, -0.2) is 13.1 Å². The van der Waals surface area contributed by atoms with Crippen LogP contribution >= 0.6 is 11.3 Å². The third-order valence-corrected chi connectivity index (χ3v) is 5.67. The fourth-order valence-electron chi connectivity index (χ4n) is 1.69. The summed E-state index contributed by atoms with van der Waals surface area (Å²) in [6.45, 7) is -0.328. The van der Waals surface area contributed by atoms with Gasteiger partial charge >= 0.3 is 6.18 Å². The molecule has 0 radical (unpaired) electrons. The molecule has 0 aliphatic carbocycles.